The lowest BCUT2D eigenvalue weighted by molar-refractivity contribution is -0.113. The average molecular weight is 369 g/mol. The molecular weight excluding hydrogens is 346 g/mol. The van der Waals surface area contributed by atoms with E-state index in [4.69, 9.17) is 0 Å². The maximum atomic E-state index is 12.5. The van der Waals surface area contributed by atoms with Gasteiger partial charge in [-0.25, -0.2) is 0 Å². The number of thioether (sulfide) groups is 1. The van der Waals surface area contributed by atoms with Crippen molar-refractivity contribution in [3.05, 3.63) is 48.0 Å². The molecule has 2 N–H and O–H groups in total. The highest BCUT2D eigenvalue weighted by molar-refractivity contribution is 8.00. The van der Waals surface area contributed by atoms with E-state index in [2.05, 4.69) is 36.3 Å². The Bertz CT molecular complexity index is 818. The Kier molecular flexibility index (Phi) is 5.52. The Balaban J connectivity index is 1.72. The molecule has 0 unspecified atom stereocenters. The normalized spacial score (nSPS) is 13.2. The molecule has 5 nitrogen and oxygen atoms in total. The highest BCUT2D eigenvalue weighted by Gasteiger charge is 2.17. The highest BCUT2D eigenvalue weighted by Crippen LogP contribution is 2.32. The Morgan fingerprint density at radius 3 is 2.62 bits per heavy atom. The SMILES string of the molecule is CCN(c1ccc(NC(=O)c2ccc3c(c2)NC(=O)CS3)cc1)C(C)C. The maximum Gasteiger partial charge on any atom is 0.255 e. The number of carbonyl (C=O) groups is 2. The van der Waals surface area contributed by atoms with E-state index in [1.807, 2.05) is 30.3 Å². The summed E-state index contributed by atoms with van der Waals surface area (Å²) in [7, 11) is 0. The van der Waals surface area contributed by atoms with Crippen LogP contribution < -0.4 is 15.5 Å². The highest BCUT2D eigenvalue weighted by atomic mass is 32.2. The van der Waals surface area contributed by atoms with Gasteiger partial charge in [0.25, 0.3) is 5.91 Å². The van der Waals surface area contributed by atoms with Gasteiger partial charge in [-0.05, 0) is 63.2 Å². The molecule has 0 spiro atoms. The number of rotatable bonds is 5. The van der Waals surface area contributed by atoms with Crippen LogP contribution in [0.4, 0.5) is 17.1 Å². The zero-order valence-electron chi connectivity index (χ0n) is 15.2. The van der Waals surface area contributed by atoms with E-state index in [0.29, 0.717) is 23.0 Å². The molecule has 1 heterocycles. The van der Waals surface area contributed by atoms with Crippen molar-refractivity contribution in [2.45, 2.75) is 31.7 Å². The van der Waals surface area contributed by atoms with Crippen LogP contribution in [0.25, 0.3) is 0 Å². The van der Waals surface area contributed by atoms with E-state index in [0.717, 1.165) is 22.8 Å². The van der Waals surface area contributed by atoms with Crippen LogP contribution in [0.15, 0.2) is 47.4 Å². The van der Waals surface area contributed by atoms with Gasteiger partial charge in [0.1, 0.15) is 0 Å². The number of hydrogen-bond acceptors (Lipinski definition) is 4. The quantitative estimate of drug-likeness (QED) is 0.828. The van der Waals surface area contributed by atoms with E-state index in [1.165, 1.54) is 11.8 Å². The first-order valence-corrected chi connectivity index (χ1v) is 9.71. The summed E-state index contributed by atoms with van der Waals surface area (Å²) >= 11 is 1.48. The molecule has 2 aromatic rings. The molecule has 0 bridgehead atoms. The van der Waals surface area contributed by atoms with Crippen molar-refractivity contribution in [2.24, 2.45) is 0 Å². The van der Waals surface area contributed by atoms with Crippen LogP contribution in [0.1, 0.15) is 31.1 Å². The Morgan fingerprint density at radius 2 is 1.96 bits per heavy atom. The second kappa shape index (κ2) is 7.83. The molecule has 1 aliphatic rings. The van der Waals surface area contributed by atoms with Crippen LogP contribution in [-0.4, -0.2) is 30.2 Å². The molecule has 0 aliphatic carbocycles. The van der Waals surface area contributed by atoms with Crippen LogP contribution in [0, 0.1) is 0 Å². The minimum atomic E-state index is -0.193. The van der Waals surface area contributed by atoms with Crippen molar-refractivity contribution in [1.29, 1.82) is 0 Å². The molecule has 136 valence electrons. The minimum absolute atomic E-state index is 0.0405. The second-order valence-electron chi connectivity index (χ2n) is 6.43. The molecule has 0 saturated heterocycles. The van der Waals surface area contributed by atoms with Crippen molar-refractivity contribution in [2.75, 3.05) is 27.8 Å². The molecule has 0 radical (unpaired) electrons. The third-order valence-electron chi connectivity index (χ3n) is 4.30. The topological polar surface area (TPSA) is 61.4 Å². The predicted molar refractivity (Wildman–Crippen MR) is 108 cm³/mol. The van der Waals surface area contributed by atoms with Crippen LogP contribution in [0.5, 0.6) is 0 Å². The summed E-state index contributed by atoms with van der Waals surface area (Å²) in [4.78, 5) is 27.3. The summed E-state index contributed by atoms with van der Waals surface area (Å²) in [5, 5.41) is 5.72. The van der Waals surface area contributed by atoms with Crippen molar-refractivity contribution in [3.8, 4) is 0 Å². The molecule has 26 heavy (non-hydrogen) atoms. The van der Waals surface area contributed by atoms with E-state index >= 15 is 0 Å². The number of amides is 2. The molecule has 0 saturated carbocycles. The summed E-state index contributed by atoms with van der Waals surface area (Å²) in [6, 6.07) is 13.7. The van der Waals surface area contributed by atoms with Crippen LogP contribution in [0.3, 0.4) is 0 Å². The summed E-state index contributed by atoms with van der Waals surface area (Å²) < 4.78 is 0. The van der Waals surface area contributed by atoms with Gasteiger partial charge in [-0.1, -0.05) is 0 Å². The number of hydrogen-bond donors (Lipinski definition) is 2. The zero-order chi connectivity index (χ0) is 18.7. The Morgan fingerprint density at radius 1 is 1.23 bits per heavy atom. The van der Waals surface area contributed by atoms with Crippen LogP contribution in [-0.2, 0) is 4.79 Å². The van der Waals surface area contributed by atoms with Crippen LogP contribution >= 0.6 is 11.8 Å². The fourth-order valence-corrected chi connectivity index (χ4v) is 3.80. The van der Waals surface area contributed by atoms with Gasteiger partial charge < -0.3 is 15.5 Å². The van der Waals surface area contributed by atoms with E-state index in [9.17, 15) is 9.59 Å². The van der Waals surface area contributed by atoms with Crippen molar-refractivity contribution < 1.29 is 9.59 Å². The van der Waals surface area contributed by atoms with Gasteiger partial charge in [0, 0.05) is 34.4 Å². The minimum Gasteiger partial charge on any atom is -0.369 e. The van der Waals surface area contributed by atoms with Crippen LogP contribution in [0.2, 0.25) is 0 Å². The first-order chi connectivity index (χ1) is 12.5. The third kappa shape index (κ3) is 4.02. The van der Waals surface area contributed by atoms with Crippen molar-refractivity contribution in [1.82, 2.24) is 0 Å². The molecule has 3 rings (SSSR count). The standard InChI is InChI=1S/C20H23N3O2S/c1-4-23(13(2)3)16-8-6-15(7-9-16)21-20(25)14-5-10-18-17(11-14)22-19(24)12-26-18/h5-11,13H,4,12H2,1-3H3,(H,21,25)(H,22,24). The third-order valence-corrected chi connectivity index (χ3v) is 5.37. The molecule has 2 amide bonds. The van der Waals surface area contributed by atoms with Crippen molar-refractivity contribution >= 4 is 40.6 Å². The van der Waals surface area contributed by atoms with E-state index in [1.54, 1.807) is 12.1 Å². The summed E-state index contributed by atoms with van der Waals surface area (Å²) in [5.41, 5.74) is 3.10. The molecule has 1 aliphatic heterocycles. The van der Waals surface area contributed by atoms with E-state index in [-0.39, 0.29) is 11.8 Å². The van der Waals surface area contributed by atoms with Gasteiger partial charge in [-0.15, -0.1) is 11.8 Å². The van der Waals surface area contributed by atoms with Gasteiger partial charge in [0.05, 0.1) is 11.4 Å². The fraction of sp³-hybridized carbons (Fsp3) is 0.300. The van der Waals surface area contributed by atoms with Gasteiger partial charge in [-0.2, -0.15) is 0 Å². The first-order valence-electron chi connectivity index (χ1n) is 8.72. The van der Waals surface area contributed by atoms with Gasteiger partial charge >= 0.3 is 0 Å². The predicted octanol–water partition coefficient (Wildman–Crippen LogP) is 4.22. The monoisotopic (exact) mass is 369 g/mol. The number of nitrogens with zero attached hydrogens (tertiary/aromatic N) is 1. The smallest absolute Gasteiger partial charge is 0.255 e. The molecule has 0 atom stereocenters. The second-order valence-corrected chi connectivity index (χ2v) is 7.45. The Hall–Kier alpha value is -2.47. The maximum absolute atomic E-state index is 12.5. The lowest BCUT2D eigenvalue weighted by atomic mass is 10.1. The number of anilines is 3. The molecular formula is C20H23N3O2S. The van der Waals surface area contributed by atoms with Gasteiger partial charge in [0.15, 0.2) is 0 Å². The average Bonchev–Trinajstić information content (AvgIpc) is 2.62. The summed E-state index contributed by atoms with van der Waals surface area (Å²) in [6.45, 7) is 7.38. The number of nitrogens with one attached hydrogen (secondary N) is 2. The first kappa shape index (κ1) is 18.3. The van der Waals surface area contributed by atoms with Gasteiger partial charge in [0.2, 0.25) is 5.91 Å². The number of benzene rings is 2. The zero-order valence-corrected chi connectivity index (χ0v) is 16.0. The molecule has 0 fully saturated rings. The summed E-state index contributed by atoms with van der Waals surface area (Å²) in [6.07, 6.45) is 0. The number of carbonyl (C=O) groups excluding carboxylic acids is 2. The largest absolute Gasteiger partial charge is 0.369 e. The molecule has 2 aromatic carbocycles. The van der Waals surface area contributed by atoms with E-state index < -0.39 is 0 Å². The lowest BCUT2D eigenvalue weighted by Gasteiger charge is -2.27. The molecule has 0 aromatic heterocycles. The van der Waals surface area contributed by atoms with Crippen molar-refractivity contribution in [3.63, 3.8) is 0 Å². The van der Waals surface area contributed by atoms with Gasteiger partial charge in [-0.3, -0.25) is 9.59 Å². The molecule has 6 heteroatoms. The fourth-order valence-electron chi connectivity index (χ4n) is 3.01. The Labute approximate surface area is 158 Å². The lowest BCUT2D eigenvalue weighted by Crippen LogP contribution is -2.30. The number of fused-ring (bicyclic) bond motifs is 1. The summed E-state index contributed by atoms with van der Waals surface area (Å²) in [5.74, 6) is 0.179.